The van der Waals surface area contributed by atoms with Crippen LogP contribution in [-0.2, 0) is 0 Å². The van der Waals surface area contributed by atoms with Gasteiger partial charge in [0.15, 0.2) is 0 Å². The van der Waals surface area contributed by atoms with Gasteiger partial charge in [-0.3, -0.25) is 4.79 Å². The molecule has 1 heterocycles. The molecule has 2 rings (SSSR count). The van der Waals surface area contributed by atoms with Crippen molar-refractivity contribution in [1.82, 2.24) is 10.2 Å². The normalized spacial score (nSPS) is 19.3. The van der Waals surface area contributed by atoms with E-state index in [-0.39, 0.29) is 17.1 Å². The van der Waals surface area contributed by atoms with E-state index in [1.54, 1.807) is 0 Å². The Morgan fingerprint density at radius 3 is 2.94 bits per heavy atom. The molecule has 6 nitrogen and oxygen atoms in total. The summed E-state index contributed by atoms with van der Waals surface area (Å²) in [4.78, 5) is 13.6. The number of hydrogen-bond donors (Lipinski definition) is 3. The third kappa shape index (κ3) is 2.21. The van der Waals surface area contributed by atoms with E-state index in [1.807, 2.05) is 6.07 Å². The van der Waals surface area contributed by atoms with Crippen LogP contribution in [0.15, 0.2) is 18.2 Å². The molecule has 1 atom stereocenters. The summed E-state index contributed by atoms with van der Waals surface area (Å²) in [6.45, 7) is 1.45. The van der Waals surface area contributed by atoms with Crippen molar-refractivity contribution in [3.63, 3.8) is 0 Å². The van der Waals surface area contributed by atoms with Gasteiger partial charge in [0.25, 0.3) is 5.91 Å². The number of carbonyl (C=O) groups excluding carboxylic acids is 1. The summed E-state index contributed by atoms with van der Waals surface area (Å²) in [6, 6.07) is 5.29. The van der Waals surface area contributed by atoms with Gasteiger partial charge in [-0.1, -0.05) is 0 Å². The van der Waals surface area contributed by atoms with Gasteiger partial charge in [0.05, 0.1) is 11.6 Å². The third-order valence-electron chi connectivity index (χ3n) is 2.86. The fraction of sp³-hybridized carbons (Fsp3) is 0.333. The molecule has 1 aliphatic heterocycles. The summed E-state index contributed by atoms with van der Waals surface area (Å²) in [7, 11) is 0. The van der Waals surface area contributed by atoms with Gasteiger partial charge < -0.3 is 20.4 Å². The van der Waals surface area contributed by atoms with Crippen molar-refractivity contribution in [3.05, 3.63) is 23.8 Å². The van der Waals surface area contributed by atoms with Crippen LogP contribution in [0, 0.1) is 11.3 Å². The Balaban J connectivity index is 2.27. The SMILES string of the molecule is N#CC1CNCCN1C(=O)c1ccc(O)cc1O. The second-order valence-corrected chi connectivity index (χ2v) is 4.05. The van der Waals surface area contributed by atoms with Crippen molar-refractivity contribution in [3.8, 4) is 17.6 Å². The van der Waals surface area contributed by atoms with Gasteiger partial charge >= 0.3 is 0 Å². The number of nitrogens with zero attached hydrogens (tertiary/aromatic N) is 2. The Morgan fingerprint density at radius 1 is 1.50 bits per heavy atom. The molecular weight excluding hydrogens is 234 g/mol. The molecule has 3 N–H and O–H groups in total. The molecule has 1 amide bonds. The Hall–Kier alpha value is -2.26. The van der Waals surface area contributed by atoms with Crippen LogP contribution in [0.5, 0.6) is 11.5 Å². The maximum absolute atomic E-state index is 12.2. The summed E-state index contributed by atoms with van der Waals surface area (Å²) in [5, 5.41) is 30.8. The molecule has 0 radical (unpaired) electrons. The number of benzene rings is 1. The van der Waals surface area contributed by atoms with Crippen molar-refractivity contribution in [2.75, 3.05) is 19.6 Å². The van der Waals surface area contributed by atoms with E-state index in [9.17, 15) is 15.0 Å². The molecule has 6 heteroatoms. The fourth-order valence-electron chi connectivity index (χ4n) is 1.92. The molecule has 1 fully saturated rings. The first-order chi connectivity index (χ1) is 8.63. The van der Waals surface area contributed by atoms with Gasteiger partial charge in [0.2, 0.25) is 0 Å². The summed E-state index contributed by atoms with van der Waals surface area (Å²) >= 11 is 0. The zero-order chi connectivity index (χ0) is 13.1. The second-order valence-electron chi connectivity index (χ2n) is 4.05. The largest absolute Gasteiger partial charge is 0.508 e. The maximum Gasteiger partial charge on any atom is 0.258 e. The van der Waals surface area contributed by atoms with Crippen molar-refractivity contribution < 1.29 is 15.0 Å². The number of rotatable bonds is 1. The number of piperazine rings is 1. The molecule has 1 aromatic carbocycles. The predicted molar refractivity (Wildman–Crippen MR) is 63.1 cm³/mol. The minimum Gasteiger partial charge on any atom is -0.508 e. The lowest BCUT2D eigenvalue weighted by Gasteiger charge is -2.32. The molecular formula is C12H13N3O3. The van der Waals surface area contributed by atoms with Crippen LogP contribution < -0.4 is 5.32 Å². The first-order valence-corrected chi connectivity index (χ1v) is 5.57. The predicted octanol–water partition coefficient (Wildman–Crippen LogP) is 0.0354. The highest BCUT2D eigenvalue weighted by Crippen LogP contribution is 2.24. The summed E-state index contributed by atoms with van der Waals surface area (Å²) in [6.07, 6.45) is 0. The Labute approximate surface area is 104 Å². The first kappa shape index (κ1) is 12.2. The van der Waals surface area contributed by atoms with Crippen molar-refractivity contribution in [2.45, 2.75) is 6.04 Å². The summed E-state index contributed by atoms with van der Waals surface area (Å²) < 4.78 is 0. The Morgan fingerprint density at radius 2 is 2.28 bits per heavy atom. The van der Waals surface area contributed by atoms with E-state index in [2.05, 4.69) is 5.32 Å². The molecule has 1 unspecified atom stereocenters. The average molecular weight is 247 g/mol. The minimum absolute atomic E-state index is 0.0925. The van der Waals surface area contributed by atoms with Crippen LogP contribution in [0.1, 0.15) is 10.4 Å². The number of amides is 1. The van der Waals surface area contributed by atoms with Gasteiger partial charge in [-0.15, -0.1) is 0 Å². The number of nitriles is 1. The van der Waals surface area contributed by atoms with Crippen LogP contribution in [-0.4, -0.2) is 46.7 Å². The van der Waals surface area contributed by atoms with Gasteiger partial charge in [-0.2, -0.15) is 5.26 Å². The van der Waals surface area contributed by atoms with Crippen LogP contribution in [0.25, 0.3) is 0 Å². The number of aromatic hydroxyl groups is 2. The number of nitrogens with one attached hydrogen (secondary N) is 1. The van der Waals surface area contributed by atoms with E-state index in [0.29, 0.717) is 19.6 Å². The number of phenolic OH excluding ortho intramolecular Hbond substituents is 2. The molecule has 94 valence electrons. The molecule has 1 saturated heterocycles. The highest BCUT2D eigenvalue weighted by atomic mass is 16.3. The van der Waals surface area contributed by atoms with Crippen molar-refractivity contribution in [1.29, 1.82) is 5.26 Å². The average Bonchev–Trinajstić information content (AvgIpc) is 2.38. The van der Waals surface area contributed by atoms with Gasteiger partial charge in [0.1, 0.15) is 17.5 Å². The van der Waals surface area contributed by atoms with Crippen LogP contribution in [0.3, 0.4) is 0 Å². The monoisotopic (exact) mass is 247 g/mol. The number of phenols is 2. The molecule has 1 aromatic rings. The van der Waals surface area contributed by atoms with Crippen molar-refractivity contribution >= 4 is 5.91 Å². The van der Waals surface area contributed by atoms with Gasteiger partial charge in [-0.25, -0.2) is 0 Å². The smallest absolute Gasteiger partial charge is 0.258 e. The lowest BCUT2D eigenvalue weighted by Crippen LogP contribution is -2.53. The Bertz CT molecular complexity index is 510. The summed E-state index contributed by atoms with van der Waals surface area (Å²) in [5.74, 6) is -0.794. The highest BCUT2D eigenvalue weighted by molar-refractivity contribution is 5.97. The molecule has 0 bridgehead atoms. The van der Waals surface area contributed by atoms with Crippen LogP contribution in [0.2, 0.25) is 0 Å². The van der Waals surface area contributed by atoms with E-state index in [1.165, 1.54) is 17.0 Å². The van der Waals surface area contributed by atoms with E-state index >= 15 is 0 Å². The lowest BCUT2D eigenvalue weighted by atomic mass is 10.1. The topological polar surface area (TPSA) is 96.6 Å². The Kier molecular flexibility index (Phi) is 3.35. The molecule has 0 saturated carbocycles. The zero-order valence-corrected chi connectivity index (χ0v) is 9.63. The summed E-state index contributed by atoms with van der Waals surface area (Å²) in [5.41, 5.74) is 0.0925. The van der Waals surface area contributed by atoms with Crippen LogP contribution in [0.4, 0.5) is 0 Å². The molecule has 0 spiro atoms. The van der Waals surface area contributed by atoms with Crippen LogP contribution >= 0.6 is 0 Å². The van der Waals surface area contributed by atoms with E-state index < -0.39 is 11.9 Å². The number of carbonyl (C=O) groups is 1. The molecule has 0 aromatic heterocycles. The molecule has 18 heavy (non-hydrogen) atoms. The van der Waals surface area contributed by atoms with Crippen molar-refractivity contribution in [2.24, 2.45) is 0 Å². The highest BCUT2D eigenvalue weighted by Gasteiger charge is 2.28. The van der Waals surface area contributed by atoms with Gasteiger partial charge in [0, 0.05) is 25.7 Å². The first-order valence-electron chi connectivity index (χ1n) is 5.57. The second kappa shape index (κ2) is 4.94. The number of hydrogen-bond acceptors (Lipinski definition) is 5. The molecule has 1 aliphatic rings. The van der Waals surface area contributed by atoms with E-state index in [4.69, 9.17) is 5.26 Å². The van der Waals surface area contributed by atoms with E-state index in [0.717, 1.165) is 6.07 Å². The fourth-order valence-corrected chi connectivity index (χ4v) is 1.92. The van der Waals surface area contributed by atoms with Gasteiger partial charge in [-0.05, 0) is 12.1 Å². The standard InChI is InChI=1S/C12H13N3O3/c13-6-8-7-14-3-4-15(8)12(18)10-2-1-9(16)5-11(10)17/h1-2,5,8,14,16-17H,3-4,7H2. The maximum atomic E-state index is 12.2. The minimum atomic E-state index is -0.542. The molecule has 0 aliphatic carbocycles. The lowest BCUT2D eigenvalue weighted by molar-refractivity contribution is 0.0684. The third-order valence-corrected chi connectivity index (χ3v) is 2.86. The quantitative estimate of drug-likeness (QED) is 0.651. The zero-order valence-electron chi connectivity index (χ0n) is 9.63.